The molecule has 1 amide bonds. The Morgan fingerprint density at radius 1 is 1.21 bits per heavy atom. The first-order valence-corrected chi connectivity index (χ1v) is 9.77. The van der Waals surface area contributed by atoms with Gasteiger partial charge in [-0.25, -0.2) is 4.39 Å². The lowest BCUT2D eigenvalue weighted by Crippen LogP contribution is -2.32. The molecule has 4 rings (SSSR count). The molecule has 0 fully saturated rings. The summed E-state index contributed by atoms with van der Waals surface area (Å²) in [4.78, 5) is 14.2. The van der Waals surface area contributed by atoms with E-state index in [9.17, 15) is 9.18 Å². The minimum atomic E-state index is -0.446. The zero-order valence-corrected chi connectivity index (χ0v) is 16.6. The van der Waals surface area contributed by atoms with Crippen LogP contribution in [0, 0.1) is 5.82 Å². The molecule has 1 atom stereocenters. The summed E-state index contributed by atoms with van der Waals surface area (Å²) in [6, 6.07) is 11.5. The molecule has 0 N–H and O–H groups in total. The van der Waals surface area contributed by atoms with Gasteiger partial charge in [0.25, 0.3) is 5.22 Å². The van der Waals surface area contributed by atoms with Crippen LogP contribution in [0.4, 0.5) is 4.39 Å². The SMILES string of the molecule is C[C@@H](Sc1nnc(-c2ccc3c(c2)OCO3)o1)C(=O)N(C)Cc1cccc(F)c1. The predicted octanol–water partition coefficient (Wildman–Crippen LogP) is 3.74. The van der Waals surface area contributed by atoms with Gasteiger partial charge in [0.2, 0.25) is 18.6 Å². The Kier molecular flexibility index (Phi) is 5.39. The average molecular weight is 415 g/mol. The van der Waals surface area contributed by atoms with E-state index in [1.807, 2.05) is 0 Å². The maximum absolute atomic E-state index is 13.3. The lowest BCUT2D eigenvalue weighted by molar-refractivity contribution is -0.129. The molecule has 150 valence electrons. The first-order chi connectivity index (χ1) is 14.0. The van der Waals surface area contributed by atoms with Crippen molar-refractivity contribution in [2.75, 3.05) is 13.8 Å². The van der Waals surface area contributed by atoms with Crippen molar-refractivity contribution in [1.82, 2.24) is 15.1 Å². The summed E-state index contributed by atoms with van der Waals surface area (Å²) >= 11 is 1.17. The number of rotatable bonds is 6. The van der Waals surface area contributed by atoms with Gasteiger partial charge in [0.15, 0.2) is 11.5 Å². The van der Waals surface area contributed by atoms with Crippen LogP contribution in [-0.4, -0.2) is 40.1 Å². The molecule has 0 bridgehead atoms. The molecule has 3 aromatic rings. The van der Waals surface area contributed by atoms with Crippen molar-refractivity contribution < 1.29 is 23.1 Å². The molecule has 2 aromatic carbocycles. The fourth-order valence-electron chi connectivity index (χ4n) is 2.90. The van der Waals surface area contributed by atoms with Crippen LogP contribution in [0.25, 0.3) is 11.5 Å². The molecule has 0 unspecified atom stereocenters. The van der Waals surface area contributed by atoms with Crippen LogP contribution in [0.15, 0.2) is 52.1 Å². The Balaban J connectivity index is 1.39. The molecule has 0 saturated carbocycles. The Labute approximate surface area is 170 Å². The molecule has 0 aliphatic carbocycles. The van der Waals surface area contributed by atoms with Gasteiger partial charge in [-0.1, -0.05) is 23.9 Å². The molecule has 0 saturated heterocycles. The van der Waals surface area contributed by atoms with E-state index < -0.39 is 5.25 Å². The number of carbonyl (C=O) groups excluding carboxylic acids is 1. The third-order valence-electron chi connectivity index (χ3n) is 4.34. The van der Waals surface area contributed by atoms with Gasteiger partial charge >= 0.3 is 0 Å². The van der Waals surface area contributed by atoms with Gasteiger partial charge in [-0.15, -0.1) is 10.2 Å². The number of thioether (sulfide) groups is 1. The second kappa shape index (κ2) is 8.12. The smallest absolute Gasteiger partial charge is 0.277 e. The maximum atomic E-state index is 13.3. The summed E-state index contributed by atoms with van der Waals surface area (Å²) in [6.45, 7) is 2.26. The van der Waals surface area contributed by atoms with E-state index in [1.165, 1.54) is 23.9 Å². The number of nitrogens with zero attached hydrogens (tertiary/aromatic N) is 3. The number of fused-ring (bicyclic) bond motifs is 1. The van der Waals surface area contributed by atoms with Crippen molar-refractivity contribution in [3.63, 3.8) is 0 Å². The zero-order valence-electron chi connectivity index (χ0n) is 15.8. The topological polar surface area (TPSA) is 77.7 Å². The highest BCUT2D eigenvalue weighted by Crippen LogP contribution is 2.36. The summed E-state index contributed by atoms with van der Waals surface area (Å²) in [5, 5.41) is 7.91. The second-order valence-corrected chi connectivity index (χ2v) is 7.82. The molecule has 1 aromatic heterocycles. The van der Waals surface area contributed by atoms with Crippen LogP contribution >= 0.6 is 11.8 Å². The van der Waals surface area contributed by atoms with E-state index in [4.69, 9.17) is 13.9 Å². The van der Waals surface area contributed by atoms with Gasteiger partial charge < -0.3 is 18.8 Å². The molecular formula is C20H18FN3O4S. The standard InChI is InChI=1S/C20H18FN3O4S/c1-12(19(25)24(2)10-13-4-3-5-15(21)8-13)29-20-23-22-18(28-20)14-6-7-16-17(9-14)27-11-26-16/h3-9,12H,10-11H2,1-2H3/t12-/m1/s1. The first-order valence-electron chi connectivity index (χ1n) is 8.89. The van der Waals surface area contributed by atoms with Crippen LogP contribution in [0.5, 0.6) is 11.5 Å². The van der Waals surface area contributed by atoms with Crippen molar-refractivity contribution >= 4 is 17.7 Å². The molecule has 1 aliphatic heterocycles. The lowest BCUT2D eigenvalue weighted by Gasteiger charge is -2.20. The summed E-state index contributed by atoms with van der Waals surface area (Å²) in [6.07, 6.45) is 0. The Bertz CT molecular complexity index is 1040. The third kappa shape index (κ3) is 4.34. The van der Waals surface area contributed by atoms with Gasteiger partial charge in [-0.3, -0.25) is 4.79 Å². The van der Waals surface area contributed by atoms with Crippen LogP contribution in [0.1, 0.15) is 12.5 Å². The van der Waals surface area contributed by atoms with Crippen LogP contribution in [0.3, 0.4) is 0 Å². The number of benzene rings is 2. The van der Waals surface area contributed by atoms with Crippen LogP contribution in [0.2, 0.25) is 0 Å². The molecule has 0 radical (unpaired) electrons. The van der Waals surface area contributed by atoms with Crippen molar-refractivity contribution in [3.05, 3.63) is 53.8 Å². The van der Waals surface area contributed by atoms with Crippen molar-refractivity contribution in [3.8, 4) is 23.0 Å². The van der Waals surface area contributed by atoms with Crippen molar-refractivity contribution in [2.24, 2.45) is 0 Å². The number of hydrogen-bond acceptors (Lipinski definition) is 7. The van der Waals surface area contributed by atoms with Crippen molar-refractivity contribution in [2.45, 2.75) is 23.9 Å². The van der Waals surface area contributed by atoms with Gasteiger partial charge in [0.05, 0.1) is 5.25 Å². The fraction of sp³-hybridized carbons (Fsp3) is 0.250. The number of carbonyl (C=O) groups is 1. The zero-order chi connectivity index (χ0) is 20.4. The highest BCUT2D eigenvalue weighted by Gasteiger charge is 2.23. The molecule has 0 spiro atoms. The fourth-order valence-corrected chi connectivity index (χ4v) is 3.70. The maximum Gasteiger partial charge on any atom is 0.277 e. The number of ether oxygens (including phenoxy) is 2. The van der Waals surface area contributed by atoms with E-state index in [2.05, 4.69) is 10.2 Å². The average Bonchev–Trinajstić information content (AvgIpc) is 3.36. The summed E-state index contributed by atoms with van der Waals surface area (Å²) in [5.41, 5.74) is 1.43. The molecule has 1 aliphatic rings. The van der Waals surface area contributed by atoms with Crippen LogP contribution in [-0.2, 0) is 11.3 Å². The number of hydrogen-bond donors (Lipinski definition) is 0. The van der Waals surface area contributed by atoms with E-state index in [0.717, 1.165) is 5.56 Å². The molecule has 2 heterocycles. The normalized spacial score (nSPS) is 13.3. The van der Waals surface area contributed by atoms with Crippen molar-refractivity contribution in [1.29, 1.82) is 0 Å². The second-order valence-electron chi connectivity index (χ2n) is 6.53. The van der Waals surface area contributed by atoms with E-state index in [0.29, 0.717) is 29.5 Å². The molecule has 9 heteroatoms. The number of halogens is 1. The summed E-state index contributed by atoms with van der Waals surface area (Å²) in [5.74, 6) is 1.18. The summed E-state index contributed by atoms with van der Waals surface area (Å²) in [7, 11) is 1.68. The monoisotopic (exact) mass is 415 g/mol. The predicted molar refractivity (Wildman–Crippen MR) is 104 cm³/mol. The molecule has 29 heavy (non-hydrogen) atoms. The number of amides is 1. The van der Waals surface area contributed by atoms with Gasteiger partial charge in [0, 0.05) is 19.2 Å². The molecular weight excluding hydrogens is 397 g/mol. The number of aromatic nitrogens is 2. The largest absolute Gasteiger partial charge is 0.454 e. The van der Waals surface area contributed by atoms with Gasteiger partial charge in [-0.05, 0) is 42.8 Å². The lowest BCUT2D eigenvalue weighted by atomic mass is 10.2. The Morgan fingerprint density at radius 3 is 2.86 bits per heavy atom. The molecule has 7 nitrogen and oxygen atoms in total. The quantitative estimate of drug-likeness (QED) is 0.568. The van der Waals surface area contributed by atoms with Gasteiger partial charge in [0.1, 0.15) is 5.82 Å². The third-order valence-corrected chi connectivity index (χ3v) is 5.26. The minimum absolute atomic E-state index is 0.123. The van der Waals surface area contributed by atoms with Gasteiger partial charge in [-0.2, -0.15) is 0 Å². The van der Waals surface area contributed by atoms with E-state index in [-0.39, 0.29) is 23.7 Å². The minimum Gasteiger partial charge on any atom is -0.454 e. The van der Waals surface area contributed by atoms with E-state index in [1.54, 1.807) is 49.2 Å². The van der Waals surface area contributed by atoms with Crippen LogP contribution < -0.4 is 9.47 Å². The van der Waals surface area contributed by atoms with E-state index >= 15 is 0 Å². The first kappa shape index (κ1) is 19.3. The highest BCUT2D eigenvalue weighted by atomic mass is 32.2. The Hall–Kier alpha value is -3.07. The Morgan fingerprint density at radius 2 is 2.03 bits per heavy atom. The summed E-state index contributed by atoms with van der Waals surface area (Å²) < 4.78 is 29.7. The highest BCUT2D eigenvalue weighted by molar-refractivity contribution is 8.00.